The monoisotopic (exact) mass is 247 g/mol. The molecule has 0 amide bonds. The predicted molar refractivity (Wildman–Crippen MR) is 71.7 cm³/mol. The summed E-state index contributed by atoms with van der Waals surface area (Å²) in [7, 11) is 0. The van der Waals surface area contributed by atoms with Crippen molar-refractivity contribution >= 4 is 0 Å². The van der Waals surface area contributed by atoms with Crippen LogP contribution in [0.5, 0.6) is 0 Å². The molecule has 0 aliphatic rings. The number of aryl methyl sites for hydroxylation is 2. The van der Waals surface area contributed by atoms with Crippen LogP contribution in [0.15, 0.2) is 33.1 Å². The van der Waals surface area contributed by atoms with Crippen molar-refractivity contribution in [2.75, 3.05) is 6.54 Å². The topological polar surface area (TPSA) is 38.3 Å². The van der Waals surface area contributed by atoms with Gasteiger partial charge >= 0.3 is 0 Å². The molecular formula is C15H21NO2. The summed E-state index contributed by atoms with van der Waals surface area (Å²) in [5, 5.41) is 3.40. The third-order valence-corrected chi connectivity index (χ3v) is 3.04. The number of hydrogen-bond acceptors (Lipinski definition) is 3. The zero-order chi connectivity index (χ0) is 13.0. The smallest absolute Gasteiger partial charge is 0.128 e. The van der Waals surface area contributed by atoms with Crippen molar-refractivity contribution in [2.24, 2.45) is 0 Å². The van der Waals surface area contributed by atoms with E-state index in [-0.39, 0.29) is 6.04 Å². The Kier molecular flexibility index (Phi) is 4.26. The average Bonchev–Trinajstić information content (AvgIpc) is 3.04. The van der Waals surface area contributed by atoms with Gasteiger partial charge in [-0.15, -0.1) is 0 Å². The predicted octanol–water partition coefficient (Wildman–Crippen LogP) is 3.70. The summed E-state index contributed by atoms with van der Waals surface area (Å²) in [6.07, 6.45) is 1.83. The second kappa shape index (κ2) is 5.91. The summed E-state index contributed by atoms with van der Waals surface area (Å²) in [5.74, 6) is 3.86. The summed E-state index contributed by atoms with van der Waals surface area (Å²) in [5.41, 5.74) is 0. The van der Waals surface area contributed by atoms with Gasteiger partial charge in [-0.25, -0.2) is 0 Å². The Bertz CT molecular complexity index is 442. The minimum Gasteiger partial charge on any atom is -0.464 e. The Morgan fingerprint density at radius 3 is 1.72 bits per heavy atom. The molecule has 2 rings (SSSR count). The van der Waals surface area contributed by atoms with Crippen molar-refractivity contribution in [3.8, 4) is 0 Å². The minimum absolute atomic E-state index is 0.00981. The van der Waals surface area contributed by atoms with Gasteiger partial charge in [0.25, 0.3) is 0 Å². The summed E-state index contributed by atoms with van der Waals surface area (Å²) >= 11 is 0. The van der Waals surface area contributed by atoms with Crippen molar-refractivity contribution in [2.45, 2.75) is 39.7 Å². The van der Waals surface area contributed by atoms with Gasteiger partial charge < -0.3 is 14.2 Å². The average molecular weight is 247 g/mol. The first-order valence-electron chi connectivity index (χ1n) is 6.69. The zero-order valence-electron chi connectivity index (χ0n) is 11.3. The van der Waals surface area contributed by atoms with Crippen LogP contribution in [0.25, 0.3) is 0 Å². The van der Waals surface area contributed by atoms with Crippen LogP contribution in [0.2, 0.25) is 0 Å². The SMILES string of the molecule is CCNC(c1ccc(CC)o1)c1ccc(CC)o1. The van der Waals surface area contributed by atoms with Gasteiger partial charge in [-0.3, -0.25) is 0 Å². The quantitative estimate of drug-likeness (QED) is 0.846. The number of rotatable bonds is 6. The summed E-state index contributed by atoms with van der Waals surface area (Å²) < 4.78 is 11.6. The fraction of sp³-hybridized carbons (Fsp3) is 0.467. The highest BCUT2D eigenvalue weighted by molar-refractivity contribution is 5.21. The zero-order valence-corrected chi connectivity index (χ0v) is 11.3. The van der Waals surface area contributed by atoms with E-state index in [4.69, 9.17) is 8.83 Å². The molecule has 0 bridgehead atoms. The van der Waals surface area contributed by atoms with Crippen molar-refractivity contribution in [1.29, 1.82) is 0 Å². The van der Waals surface area contributed by atoms with E-state index in [1.165, 1.54) is 0 Å². The lowest BCUT2D eigenvalue weighted by molar-refractivity contribution is 0.371. The van der Waals surface area contributed by atoms with Crippen LogP contribution in [-0.2, 0) is 12.8 Å². The van der Waals surface area contributed by atoms with Crippen LogP contribution in [-0.4, -0.2) is 6.54 Å². The standard InChI is InChI=1S/C15H21NO2/c1-4-11-7-9-13(17-11)15(16-6-3)14-10-8-12(5-2)18-14/h7-10,15-16H,4-6H2,1-3H3. The number of furan rings is 2. The van der Waals surface area contributed by atoms with E-state index in [0.717, 1.165) is 42.4 Å². The van der Waals surface area contributed by atoms with Gasteiger partial charge in [0.05, 0.1) is 0 Å². The molecular weight excluding hydrogens is 226 g/mol. The van der Waals surface area contributed by atoms with Gasteiger partial charge in [-0.2, -0.15) is 0 Å². The molecule has 18 heavy (non-hydrogen) atoms. The lowest BCUT2D eigenvalue weighted by Crippen LogP contribution is -2.21. The van der Waals surface area contributed by atoms with Crippen LogP contribution < -0.4 is 5.32 Å². The van der Waals surface area contributed by atoms with Crippen LogP contribution >= 0.6 is 0 Å². The fourth-order valence-corrected chi connectivity index (χ4v) is 2.02. The molecule has 0 fully saturated rings. The number of hydrogen-bond donors (Lipinski definition) is 1. The number of nitrogens with one attached hydrogen (secondary N) is 1. The van der Waals surface area contributed by atoms with Gasteiger partial charge in [0.1, 0.15) is 29.1 Å². The first-order chi connectivity index (χ1) is 8.78. The molecule has 0 radical (unpaired) electrons. The van der Waals surface area contributed by atoms with Crippen molar-refractivity contribution in [1.82, 2.24) is 5.32 Å². The second-order valence-electron chi connectivity index (χ2n) is 4.31. The Morgan fingerprint density at radius 1 is 0.889 bits per heavy atom. The summed E-state index contributed by atoms with van der Waals surface area (Å²) in [4.78, 5) is 0. The first-order valence-corrected chi connectivity index (χ1v) is 6.69. The van der Waals surface area contributed by atoms with Crippen LogP contribution in [0.4, 0.5) is 0 Å². The van der Waals surface area contributed by atoms with E-state index in [1.807, 2.05) is 24.3 Å². The molecule has 0 unspecified atom stereocenters. The van der Waals surface area contributed by atoms with E-state index in [1.54, 1.807) is 0 Å². The largest absolute Gasteiger partial charge is 0.464 e. The lowest BCUT2D eigenvalue weighted by atomic mass is 10.1. The van der Waals surface area contributed by atoms with Crippen molar-refractivity contribution < 1.29 is 8.83 Å². The molecule has 0 spiro atoms. The lowest BCUT2D eigenvalue weighted by Gasteiger charge is -2.12. The van der Waals surface area contributed by atoms with Crippen LogP contribution in [0.1, 0.15) is 49.9 Å². The Labute approximate surface area is 108 Å². The van der Waals surface area contributed by atoms with Crippen molar-refractivity contribution in [3.63, 3.8) is 0 Å². The summed E-state index contributed by atoms with van der Waals surface area (Å²) in [6, 6.07) is 8.13. The highest BCUT2D eigenvalue weighted by atomic mass is 16.4. The molecule has 0 aliphatic heterocycles. The van der Waals surface area contributed by atoms with E-state index < -0.39 is 0 Å². The van der Waals surface area contributed by atoms with E-state index in [9.17, 15) is 0 Å². The Morgan fingerprint density at radius 2 is 1.39 bits per heavy atom. The fourth-order valence-electron chi connectivity index (χ4n) is 2.02. The maximum absolute atomic E-state index is 5.82. The summed E-state index contributed by atoms with van der Waals surface area (Å²) in [6.45, 7) is 7.13. The van der Waals surface area contributed by atoms with Crippen molar-refractivity contribution in [3.05, 3.63) is 47.3 Å². The molecule has 0 aromatic carbocycles. The van der Waals surface area contributed by atoms with E-state index in [2.05, 4.69) is 26.1 Å². The van der Waals surface area contributed by atoms with Gasteiger partial charge in [0.2, 0.25) is 0 Å². The van der Waals surface area contributed by atoms with Crippen LogP contribution in [0, 0.1) is 0 Å². The Balaban J connectivity index is 2.26. The molecule has 0 atom stereocenters. The molecule has 3 heteroatoms. The van der Waals surface area contributed by atoms with Crippen LogP contribution in [0.3, 0.4) is 0 Å². The van der Waals surface area contributed by atoms with Gasteiger partial charge in [0.15, 0.2) is 0 Å². The minimum atomic E-state index is 0.00981. The maximum atomic E-state index is 5.82. The van der Waals surface area contributed by atoms with Gasteiger partial charge in [0, 0.05) is 12.8 Å². The molecule has 1 N–H and O–H groups in total. The molecule has 0 aliphatic carbocycles. The van der Waals surface area contributed by atoms with Gasteiger partial charge in [-0.1, -0.05) is 20.8 Å². The third-order valence-electron chi connectivity index (χ3n) is 3.04. The highest BCUT2D eigenvalue weighted by Crippen LogP contribution is 2.26. The van der Waals surface area contributed by atoms with Gasteiger partial charge in [-0.05, 0) is 30.8 Å². The highest BCUT2D eigenvalue weighted by Gasteiger charge is 2.20. The maximum Gasteiger partial charge on any atom is 0.128 e. The molecule has 2 aromatic rings. The van der Waals surface area contributed by atoms with E-state index >= 15 is 0 Å². The molecule has 3 nitrogen and oxygen atoms in total. The normalized spacial score (nSPS) is 11.3. The third kappa shape index (κ3) is 2.67. The molecule has 0 saturated heterocycles. The molecule has 2 aromatic heterocycles. The molecule has 0 saturated carbocycles. The second-order valence-corrected chi connectivity index (χ2v) is 4.31. The van der Waals surface area contributed by atoms with E-state index in [0.29, 0.717) is 0 Å². The first kappa shape index (κ1) is 13.0. The molecule has 98 valence electrons. The Hall–Kier alpha value is -1.48. The molecule has 2 heterocycles.